The molecule has 2 heterocycles. The Balaban J connectivity index is 1.66. The summed E-state index contributed by atoms with van der Waals surface area (Å²) >= 11 is 3.46. The van der Waals surface area contributed by atoms with Gasteiger partial charge in [0.15, 0.2) is 5.96 Å². The molecule has 0 aliphatic rings. The first-order valence-corrected chi connectivity index (χ1v) is 10.0. The smallest absolute Gasteiger partial charge is 0.191 e. The highest BCUT2D eigenvalue weighted by Crippen LogP contribution is 2.27. The second-order valence-electron chi connectivity index (χ2n) is 5.52. The second kappa shape index (κ2) is 8.78. The van der Waals surface area contributed by atoms with Crippen molar-refractivity contribution in [1.29, 1.82) is 0 Å². The number of aromatic nitrogens is 1. The van der Waals surface area contributed by atoms with Gasteiger partial charge in [-0.2, -0.15) is 0 Å². The van der Waals surface area contributed by atoms with Crippen LogP contribution in [0.5, 0.6) is 0 Å². The average molecular weight is 371 g/mol. The van der Waals surface area contributed by atoms with E-state index in [9.17, 15) is 0 Å². The van der Waals surface area contributed by atoms with Crippen LogP contribution in [-0.4, -0.2) is 17.5 Å². The molecule has 0 amide bonds. The maximum absolute atomic E-state index is 4.71. The fraction of sp³-hybridized carbons (Fsp3) is 0.263. The van der Waals surface area contributed by atoms with Gasteiger partial charge >= 0.3 is 0 Å². The molecule has 0 spiro atoms. The van der Waals surface area contributed by atoms with Crippen LogP contribution >= 0.6 is 22.7 Å². The number of aryl methyl sites for hydroxylation is 1. The minimum absolute atomic E-state index is 0.698. The van der Waals surface area contributed by atoms with E-state index < -0.39 is 0 Å². The lowest BCUT2D eigenvalue weighted by Gasteiger charge is -2.10. The summed E-state index contributed by atoms with van der Waals surface area (Å²) < 4.78 is 0. The van der Waals surface area contributed by atoms with Gasteiger partial charge in [-0.15, -0.1) is 22.7 Å². The summed E-state index contributed by atoms with van der Waals surface area (Å²) in [5.74, 6) is 0.838. The van der Waals surface area contributed by atoms with E-state index in [1.165, 1.54) is 15.3 Å². The molecule has 3 rings (SSSR count). The molecule has 0 radical (unpaired) electrons. The normalized spacial score (nSPS) is 11.5. The molecule has 25 heavy (non-hydrogen) atoms. The SMILES string of the molecule is CCNC(=NCc1cccs1)NCc1sc(-c2ccccc2)nc1C. The van der Waals surface area contributed by atoms with Crippen molar-refractivity contribution < 1.29 is 0 Å². The third kappa shape index (κ3) is 4.90. The third-order valence-corrected chi connectivity index (χ3v) is 5.71. The summed E-state index contributed by atoms with van der Waals surface area (Å²) in [6.45, 7) is 6.41. The number of hydrogen-bond acceptors (Lipinski definition) is 4. The van der Waals surface area contributed by atoms with Gasteiger partial charge in [0.2, 0.25) is 0 Å². The molecule has 2 N–H and O–H groups in total. The van der Waals surface area contributed by atoms with Crippen molar-refractivity contribution in [2.75, 3.05) is 6.54 Å². The van der Waals surface area contributed by atoms with Crippen LogP contribution in [0.25, 0.3) is 10.6 Å². The first-order chi connectivity index (χ1) is 12.3. The third-order valence-electron chi connectivity index (χ3n) is 3.65. The van der Waals surface area contributed by atoms with Gasteiger partial charge in [0.05, 0.1) is 18.8 Å². The Morgan fingerprint density at radius 1 is 1.12 bits per heavy atom. The maximum atomic E-state index is 4.71. The van der Waals surface area contributed by atoms with E-state index in [1.54, 1.807) is 22.7 Å². The van der Waals surface area contributed by atoms with E-state index >= 15 is 0 Å². The van der Waals surface area contributed by atoms with Crippen molar-refractivity contribution in [1.82, 2.24) is 15.6 Å². The van der Waals surface area contributed by atoms with Gasteiger partial charge in [-0.25, -0.2) is 9.98 Å². The van der Waals surface area contributed by atoms with Crippen LogP contribution in [0.3, 0.4) is 0 Å². The fourth-order valence-corrected chi connectivity index (χ4v) is 4.00. The Morgan fingerprint density at radius 2 is 1.96 bits per heavy atom. The van der Waals surface area contributed by atoms with E-state index in [4.69, 9.17) is 4.98 Å². The number of rotatable bonds is 6. The van der Waals surface area contributed by atoms with Crippen LogP contribution < -0.4 is 10.6 Å². The monoisotopic (exact) mass is 370 g/mol. The maximum Gasteiger partial charge on any atom is 0.191 e. The molecule has 0 saturated carbocycles. The number of benzene rings is 1. The lowest BCUT2D eigenvalue weighted by atomic mass is 10.2. The van der Waals surface area contributed by atoms with E-state index in [2.05, 4.69) is 59.1 Å². The summed E-state index contributed by atoms with van der Waals surface area (Å²) in [7, 11) is 0. The topological polar surface area (TPSA) is 49.3 Å². The molecule has 0 unspecified atom stereocenters. The molecule has 0 aliphatic carbocycles. The summed E-state index contributed by atoms with van der Waals surface area (Å²) in [5, 5.41) is 9.87. The van der Waals surface area contributed by atoms with Crippen molar-refractivity contribution in [3.8, 4) is 10.6 Å². The second-order valence-corrected chi connectivity index (χ2v) is 7.64. The number of hydrogen-bond donors (Lipinski definition) is 2. The van der Waals surface area contributed by atoms with E-state index in [1.807, 2.05) is 18.2 Å². The molecule has 2 aromatic heterocycles. The van der Waals surface area contributed by atoms with Gasteiger partial charge in [0.1, 0.15) is 5.01 Å². The molecule has 6 heteroatoms. The van der Waals surface area contributed by atoms with Crippen LogP contribution in [-0.2, 0) is 13.1 Å². The predicted octanol–water partition coefficient (Wildman–Crippen LogP) is 4.44. The number of nitrogens with zero attached hydrogens (tertiary/aromatic N) is 2. The van der Waals surface area contributed by atoms with Crippen molar-refractivity contribution >= 4 is 28.6 Å². The van der Waals surface area contributed by atoms with Crippen LogP contribution in [0, 0.1) is 6.92 Å². The highest BCUT2D eigenvalue weighted by atomic mass is 32.1. The van der Waals surface area contributed by atoms with Gasteiger partial charge in [0, 0.05) is 21.9 Å². The lowest BCUT2D eigenvalue weighted by molar-refractivity contribution is 0.820. The van der Waals surface area contributed by atoms with Crippen molar-refractivity contribution in [2.24, 2.45) is 4.99 Å². The number of nitrogens with one attached hydrogen (secondary N) is 2. The zero-order valence-electron chi connectivity index (χ0n) is 14.5. The molecular weight excluding hydrogens is 348 g/mol. The Morgan fingerprint density at radius 3 is 2.68 bits per heavy atom. The zero-order chi connectivity index (χ0) is 17.5. The van der Waals surface area contributed by atoms with E-state index in [0.29, 0.717) is 6.54 Å². The molecule has 0 atom stereocenters. The predicted molar refractivity (Wildman–Crippen MR) is 108 cm³/mol. The van der Waals surface area contributed by atoms with Gasteiger partial charge in [-0.05, 0) is 25.3 Å². The molecule has 3 aromatic rings. The van der Waals surface area contributed by atoms with Crippen LogP contribution in [0.4, 0.5) is 0 Å². The summed E-state index contributed by atoms with van der Waals surface area (Å²) in [4.78, 5) is 11.9. The largest absolute Gasteiger partial charge is 0.357 e. The van der Waals surface area contributed by atoms with Crippen molar-refractivity contribution in [3.05, 3.63) is 63.3 Å². The highest BCUT2D eigenvalue weighted by Gasteiger charge is 2.09. The molecular formula is C19H22N4S2. The van der Waals surface area contributed by atoms with Gasteiger partial charge < -0.3 is 10.6 Å². The fourth-order valence-electron chi connectivity index (χ4n) is 2.36. The van der Waals surface area contributed by atoms with Crippen molar-refractivity contribution in [2.45, 2.75) is 26.9 Å². The lowest BCUT2D eigenvalue weighted by Crippen LogP contribution is -2.36. The molecule has 0 fully saturated rings. The van der Waals surface area contributed by atoms with Crippen LogP contribution in [0.2, 0.25) is 0 Å². The summed E-state index contributed by atoms with van der Waals surface area (Å²) in [6, 6.07) is 14.5. The van der Waals surface area contributed by atoms with Crippen LogP contribution in [0.15, 0.2) is 52.8 Å². The quantitative estimate of drug-likeness (QED) is 0.498. The number of aliphatic imine (C=N–C) groups is 1. The highest BCUT2D eigenvalue weighted by molar-refractivity contribution is 7.15. The first-order valence-electron chi connectivity index (χ1n) is 8.32. The van der Waals surface area contributed by atoms with Gasteiger partial charge in [0.25, 0.3) is 0 Å². The summed E-state index contributed by atoms with van der Waals surface area (Å²) in [5.41, 5.74) is 2.24. The Hall–Kier alpha value is -2.18. The van der Waals surface area contributed by atoms with Crippen molar-refractivity contribution in [3.63, 3.8) is 0 Å². The minimum Gasteiger partial charge on any atom is -0.357 e. The number of thiophene rings is 1. The standard InChI is InChI=1S/C19H22N4S2/c1-3-20-19(21-12-16-10-7-11-24-16)22-13-17-14(2)23-18(25-17)15-8-5-4-6-9-15/h4-11H,3,12-13H2,1-2H3,(H2,20,21,22). The Kier molecular flexibility index (Phi) is 6.19. The Bertz CT molecular complexity index is 807. The average Bonchev–Trinajstić information content (AvgIpc) is 3.28. The minimum atomic E-state index is 0.698. The molecule has 0 saturated heterocycles. The van der Waals surface area contributed by atoms with E-state index in [-0.39, 0.29) is 0 Å². The molecule has 130 valence electrons. The molecule has 0 aliphatic heterocycles. The van der Waals surface area contributed by atoms with E-state index in [0.717, 1.165) is 29.8 Å². The number of guanidine groups is 1. The first kappa shape index (κ1) is 17.6. The van der Waals surface area contributed by atoms with Crippen LogP contribution in [0.1, 0.15) is 22.4 Å². The molecule has 0 bridgehead atoms. The Labute approximate surface area is 156 Å². The molecule has 1 aromatic carbocycles. The summed E-state index contributed by atoms with van der Waals surface area (Å²) in [6.07, 6.45) is 0. The zero-order valence-corrected chi connectivity index (χ0v) is 16.1. The number of thiazole rings is 1. The van der Waals surface area contributed by atoms with Gasteiger partial charge in [-0.1, -0.05) is 36.4 Å². The molecule has 4 nitrogen and oxygen atoms in total. The van der Waals surface area contributed by atoms with Gasteiger partial charge in [-0.3, -0.25) is 0 Å².